The SMILES string of the molecule is CCOc1cc(C(=O)NCCSc2ncc(-c3ccc(F)cc3)[nH]2)cc(OCC)c1OCC. The van der Waals surface area contributed by atoms with Gasteiger partial charge in [-0.3, -0.25) is 4.79 Å². The summed E-state index contributed by atoms with van der Waals surface area (Å²) in [4.78, 5) is 20.3. The lowest BCUT2D eigenvalue weighted by atomic mass is 10.1. The predicted molar refractivity (Wildman–Crippen MR) is 127 cm³/mol. The number of imidazole rings is 1. The van der Waals surface area contributed by atoms with E-state index in [0.717, 1.165) is 16.4 Å². The summed E-state index contributed by atoms with van der Waals surface area (Å²) in [5.74, 6) is 1.57. The number of thioether (sulfide) groups is 1. The molecule has 0 fully saturated rings. The third kappa shape index (κ3) is 6.64. The van der Waals surface area contributed by atoms with E-state index in [2.05, 4.69) is 15.3 Å². The zero-order chi connectivity index (χ0) is 23.6. The average Bonchev–Trinajstić information content (AvgIpc) is 3.28. The molecular formula is C24H28FN3O4S. The molecule has 1 aromatic heterocycles. The first kappa shape index (κ1) is 24.4. The number of aromatic amines is 1. The van der Waals surface area contributed by atoms with Gasteiger partial charge < -0.3 is 24.5 Å². The second-order valence-electron chi connectivity index (χ2n) is 6.81. The number of nitrogens with one attached hydrogen (secondary N) is 2. The van der Waals surface area contributed by atoms with Crippen LogP contribution in [0.2, 0.25) is 0 Å². The summed E-state index contributed by atoms with van der Waals surface area (Å²) in [7, 11) is 0. The summed E-state index contributed by atoms with van der Waals surface area (Å²) in [6.07, 6.45) is 1.71. The number of carbonyl (C=O) groups is 1. The quantitative estimate of drug-likeness (QED) is 0.286. The number of benzene rings is 2. The fraction of sp³-hybridized carbons (Fsp3) is 0.333. The van der Waals surface area contributed by atoms with E-state index >= 15 is 0 Å². The van der Waals surface area contributed by atoms with Crippen LogP contribution in [0.4, 0.5) is 4.39 Å². The number of rotatable bonds is 12. The Labute approximate surface area is 197 Å². The maximum atomic E-state index is 13.1. The molecule has 0 aliphatic rings. The van der Waals surface area contributed by atoms with Crippen LogP contribution in [-0.2, 0) is 0 Å². The van der Waals surface area contributed by atoms with Crippen molar-refractivity contribution in [1.29, 1.82) is 0 Å². The molecule has 0 bridgehead atoms. The highest BCUT2D eigenvalue weighted by Gasteiger charge is 2.18. The van der Waals surface area contributed by atoms with Crippen LogP contribution in [0.3, 0.4) is 0 Å². The van der Waals surface area contributed by atoms with Gasteiger partial charge in [-0.25, -0.2) is 9.37 Å². The molecule has 0 aliphatic carbocycles. The fourth-order valence-corrected chi connectivity index (χ4v) is 3.79. The minimum absolute atomic E-state index is 0.230. The molecule has 1 amide bonds. The van der Waals surface area contributed by atoms with Crippen LogP contribution >= 0.6 is 11.8 Å². The van der Waals surface area contributed by atoms with E-state index in [9.17, 15) is 9.18 Å². The monoisotopic (exact) mass is 473 g/mol. The lowest BCUT2D eigenvalue weighted by Gasteiger charge is -2.17. The predicted octanol–water partition coefficient (Wildman–Crippen LogP) is 4.93. The van der Waals surface area contributed by atoms with Gasteiger partial charge in [-0.15, -0.1) is 0 Å². The second-order valence-corrected chi connectivity index (χ2v) is 7.90. The molecule has 9 heteroatoms. The van der Waals surface area contributed by atoms with Crippen LogP contribution in [0.25, 0.3) is 11.3 Å². The number of ether oxygens (including phenoxy) is 3. The van der Waals surface area contributed by atoms with Crippen molar-refractivity contribution in [3.63, 3.8) is 0 Å². The van der Waals surface area contributed by atoms with Crippen molar-refractivity contribution in [3.8, 4) is 28.5 Å². The van der Waals surface area contributed by atoms with Gasteiger partial charge in [0.2, 0.25) is 5.75 Å². The van der Waals surface area contributed by atoms with E-state index in [1.807, 2.05) is 20.8 Å². The van der Waals surface area contributed by atoms with Gasteiger partial charge in [0.1, 0.15) is 5.82 Å². The zero-order valence-electron chi connectivity index (χ0n) is 18.9. The third-order valence-electron chi connectivity index (χ3n) is 4.51. The number of amides is 1. The maximum Gasteiger partial charge on any atom is 0.251 e. The number of hydrogen-bond donors (Lipinski definition) is 2. The van der Waals surface area contributed by atoms with Gasteiger partial charge in [0, 0.05) is 17.9 Å². The van der Waals surface area contributed by atoms with Gasteiger partial charge in [0.15, 0.2) is 16.7 Å². The van der Waals surface area contributed by atoms with E-state index in [1.54, 1.807) is 30.5 Å². The Hall–Kier alpha value is -3.20. The van der Waals surface area contributed by atoms with E-state index in [-0.39, 0.29) is 11.7 Å². The molecule has 3 aromatic rings. The third-order valence-corrected chi connectivity index (χ3v) is 5.39. The van der Waals surface area contributed by atoms with Crippen LogP contribution in [0, 0.1) is 5.82 Å². The number of nitrogens with zero attached hydrogens (tertiary/aromatic N) is 1. The molecule has 7 nitrogen and oxygen atoms in total. The smallest absolute Gasteiger partial charge is 0.251 e. The molecule has 0 radical (unpaired) electrons. The molecule has 176 valence electrons. The Morgan fingerprint density at radius 2 is 1.67 bits per heavy atom. The van der Waals surface area contributed by atoms with Gasteiger partial charge in [0.25, 0.3) is 5.91 Å². The molecule has 0 atom stereocenters. The Balaban J connectivity index is 1.58. The summed E-state index contributed by atoms with van der Waals surface area (Å²) >= 11 is 1.48. The first-order valence-corrected chi connectivity index (χ1v) is 11.8. The zero-order valence-corrected chi connectivity index (χ0v) is 19.8. The van der Waals surface area contributed by atoms with Crippen LogP contribution in [-0.4, -0.2) is 48.0 Å². The van der Waals surface area contributed by atoms with Crippen molar-refractivity contribution in [3.05, 3.63) is 54.0 Å². The first-order chi connectivity index (χ1) is 16.0. The molecular weight excluding hydrogens is 445 g/mol. The number of H-pyrrole nitrogens is 1. The highest BCUT2D eigenvalue weighted by atomic mass is 32.2. The van der Waals surface area contributed by atoms with Gasteiger partial charge in [-0.05, 0) is 62.7 Å². The van der Waals surface area contributed by atoms with E-state index in [4.69, 9.17) is 14.2 Å². The fourth-order valence-electron chi connectivity index (χ4n) is 3.09. The molecule has 3 rings (SSSR count). The molecule has 2 aromatic carbocycles. The summed E-state index contributed by atoms with van der Waals surface area (Å²) < 4.78 is 30.1. The molecule has 0 saturated heterocycles. The van der Waals surface area contributed by atoms with Gasteiger partial charge in [-0.2, -0.15) is 0 Å². The van der Waals surface area contributed by atoms with Gasteiger partial charge in [-0.1, -0.05) is 11.8 Å². The van der Waals surface area contributed by atoms with Crippen molar-refractivity contribution in [2.75, 3.05) is 32.1 Å². The number of aromatic nitrogens is 2. The normalized spacial score (nSPS) is 10.7. The van der Waals surface area contributed by atoms with Crippen molar-refractivity contribution in [2.24, 2.45) is 0 Å². The second kappa shape index (κ2) is 12.2. The van der Waals surface area contributed by atoms with Gasteiger partial charge in [0.05, 0.1) is 31.7 Å². The number of halogens is 1. The minimum Gasteiger partial charge on any atom is -0.490 e. The minimum atomic E-state index is -0.280. The molecule has 0 saturated carbocycles. The van der Waals surface area contributed by atoms with Crippen LogP contribution < -0.4 is 19.5 Å². The Bertz CT molecular complexity index is 1030. The number of carbonyl (C=O) groups excluding carboxylic acids is 1. The van der Waals surface area contributed by atoms with Crippen LogP contribution in [0.1, 0.15) is 31.1 Å². The van der Waals surface area contributed by atoms with Crippen LogP contribution in [0.5, 0.6) is 17.2 Å². The largest absolute Gasteiger partial charge is 0.490 e. The van der Waals surface area contributed by atoms with Crippen LogP contribution in [0.15, 0.2) is 47.8 Å². The summed E-state index contributed by atoms with van der Waals surface area (Å²) in [6.45, 7) is 7.40. The molecule has 2 N–H and O–H groups in total. The van der Waals surface area contributed by atoms with Gasteiger partial charge >= 0.3 is 0 Å². The highest BCUT2D eigenvalue weighted by molar-refractivity contribution is 7.99. The molecule has 0 spiro atoms. The lowest BCUT2D eigenvalue weighted by Crippen LogP contribution is -2.26. The average molecular weight is 474 g/mol. The molecule has 0 aliphatic heterocycles. The topological polar surface area (TPSA) is 85.5 Å². The lowest BCUT2D eigenvalue weighted by molar-refractivity contribution is 0.0955. The van der Waals surface area contributed by atoms with E-state index in [0.29, 0.717) is 54.9 Å². The summed E-state index contributed by atoms with van der Waals surface area (Å²) in [5.41, 5.74) is 2.10. The van der Waals surface area contributed by atoms with Crippen molar-refractivity contribution < 1.29 is 23.4 Å². The summed E-state index contributed by atoms with van der Waals surface area (Å²) in [6, 6.07) is 9.55. The van der Waals surface area contributed by atoms with E-state index < -0.39 is 0 Å². The molecule has 1 heterocycles. The summed E-state index contributed by atoms with van der Waals surface area (Å²) in [5, 5.41) is 3.63. The Morgan fingerprint density at radius 1 is 1.03 bits per heavy atom. The number of hydrogen-bond acceptors (Lipinski definition) is 6. The van der Waals surface area contributed by atoms with Crippen molar-refractivity contribution in [2.45, 2.75) is 25.9 Å². The Morgan fingerprint density at radius 3 is 2.27 bits per heavy atom. The molecule has 33 heavy (non-hydrogen) atoms. The standard InChI is InChI=1S/C24H28FN3O4S/c1-4-30-20-13-17(14-21(31-5-2)22(20)32-6-3)23(29)26-11-12-33-24-27-15-19(28-24)16-7-9-18(25)10-8-16/h7-10,13-15H,4-6,11-12H2,1-3H3,(H,26,29)(H,27,28). The maximum absolute atomic E-state index is 13.1. The molecule has 0 unspecified atom stereocenters. The highest BCUT2D eigenvalue weighted by Crippen LogP contribution is 2.39. The van der Waals surface area contributed by atoms with Crippen molar-refractivity contribution >= 4 is 17.7 Å². The van der Waals surface area contributed by atoms with E-state index in [1.165, 1.54) is 23.9 Å². The van der Waals surface area contributed by atoms with Crippen molar-refractivity contribution in [1.82, 2.24) is 15.3 Å². The first-order valence-electron chi connectivity index (χ1n) is 10.8. The Kier molecular flexibility index (Phi) is 9.00.